The molecule has 0 radical (unpaired) electrons. The Morgan fingerprint density at radius 1 is 1.19 bits per heavy atom. The minimum atomic E-state index is -1.11. The van der Waals surface area contributed by atoms with Crippen molar-refractivity contribution in [1.29, 1.82) is 0 Å². The molecular weight excluding hydrogens is 416 g/mol. The summed E-state index contributed by atoms with van der Waals surface area (Å²) in [4.78, 5) is 59.5. The van der Waals surface area contributed by atoms with Gasteiger partial charge in [-0.2, -0.15) is 0 Å². The molecule has 4 N–H and O–H groups in total. The van der Waals surface area contributed by atoms with Gasteiger partial charge in [0.2, 0.25) is 17.7 Å². The fourth-order valence-corrected chi connectivity index (χ4v) is 2.98. The largest absolute Gasteiger partial charge is 0.478 e. The second-order valence-corrected chi connectivity index (χ2v) is 7.40. The van der Waals surface area contributed by atoms with E-state index in [0.717, 1.165) is 18.9 Å². The van der Waals surface area contributed by atoms with E-state index in [4.69, 9.17) is 5.11 Å². The van der Waals surface area contributed by atoms with Crippen LogP contribution in [0.2, 0.25) is 0 Å². The van der Waals surface area contributed by atoms with Crippen molar-refractivity contribution in [2.75, 3.05) is 11.9 Å². The number of nitrogens with one attached hydrogen (secondary N) is 3. The number of hydrogen-bond acceptors (Lipinski definition) is 5. The highest BCUT2D eigenvalue weighted by molar-refractivity contribution is 5.96. The topological polar surface area (TPSA) is 147 Å². The number of aromatic nitrogens is 1. The van der Waals surface area contributed by atoms with E-state index in [0.29, 0.717) is 12.5 Å². The highest BCUT2D eigenvalue weighted by Gasteiger charge is 2.20. The minimum Gasteiger partial charge on any atom is -0.478 e. The number of rotatable bonds is 13. The zero-order valence-electron chi connectivity index (χ0n) is 18.7. The average Bonchev–Trinajstić information content (AvgIpc) is 2.73. The van der Waals surface area contributed by atoms with Gasteiger partial charge in [-0.15, -0.1) is 0 Å². The van der Waals surface area contributed by atoms with E-state index in [-0.39, 0.29) is 31.0 Å². The van der Waals surface area contributed by atoms with Crippen LogP contribution in [0.4, 0.5) is 5.69 Å². The first-order valence-corrected chi connectivity index (χ1v) is 10.6. The van der Waals surface area contributed by atoms with Crippen LogP contribution in [0.25, 0.3) is 0 Å². The predicted octanol–water partition coefficient (Wildman–Crippen LogP) is 1.26. The minimum absolute atomic E-state index is 0.0262. The van der Waals surface area contributed by atoms with Gasteiger partial charge >= 0.3 is 5.97 Å². The molecule has 1 aromatic heterocycles. The molecule has 1 atom stereocenters. The van der Waals surface area contributed by atoms with Crippen LogP contribution >= 0.6 is 0 Å². The summed E-state index contributed by atoms with van der Waals surface area (Å²) in [6.07, 6.45) is 6.05. The Hall–Kier alpha value is -3.43. The van der Waals surface area contributed by atoms with Gasteiger partial charge in [0.25, 0.3) is 5.56 Å². The second kappa shape index (κ2) is 13.8. The van der Waals surface area contributed by atoms with Gasteiger partial charge in [-0.1, -0.05) is 32.8 Å². The molecule has 0 fully saturated rings. The van der Waals surface area contributed by atoms with Gasteiger partial charge in [-0.05, 0) is 30.9 Å². The third-order valence-corrected chi connectivity index (χ3v) is 4.91. The smallest absolute Gasteiger partial charge is 0.327 e. The molecule has 0 aromatic carbocycles. The van der Waals surface area contributed by atoms with Crippen molar-refractivity contribution in [3.05, 3.63) is 40.8 Å². The molecular formula is C22H32N4O6. The van der Waals surface area contributed by atoms with Crippen LogP contribution in [0.5, 0.6) is 0 Å². The average molecular weight is 449 g/mol. The molecule has 3 amide bonds. The zero-order valence-corrected chi connectivity index (χ0v) is 18.7. The van der Waals surface area contributed by atoms with Crippen molar-refractivity contribution in [2.45, 2.75) is 59.0 Å². The Morgan fingerprint density at radius 3 is 2.47 bits per heavy atom. The molecule has 1 unspecified atom stereocenters. The molecule has 1 aromatic rings. The lowest BCUT2D eigenvalue weighted by molar-refractivity contribution is -0.131. The van der Waals surface area contributed by atoms with E-state index in [2.05, 4.69) is 16.0 Å². The zero-order chi connectivity index (χ0) is 24.1. The van der Waals surface area contributed by atoms with E-state index in [1.165, 1.54) is 35.9 Å². The summed E-state index contributed by atoms with van der Waals surface area (Å²) in [5, 5.41) is 16.4. The number of aliphatic carboxylic acids is 1. The Bertz CT molecular complexity index is 889. The second-order valence-electron chi connectivity index (χ2n) is 7.40. The van der Waals surface area contributed by atoms with Gasteiger partial charge < -0.3 is 25.6 Å². The summed E-state index contributed by atoms with van der Waals surface area (Å²) < 4.78 is 1.20. The van der Waals surface area contributed by atoms with E-state index >= 15 is 0 Å². The molecule has 0 saturated carbocycles. The number of carbonyl (C=O) groups excluding carboxylic acids is 3. The van der Waals surface area contributed by atoms with Gasteiger partial charge in [0.05, 0.1) is 0 Å². The Balaban J connectivity index is 2.83. The fourth-order valence-electron chi connectivity index (χ4n) is 2.98. The quantitative estimate of drug-likeness (QED) is 0.334. The lowest BCUT2D eigenvalue weighted by Gasteiger charge is -2.17. The first-order valence-electron chi connectivity index (χ1n) is 10.6. The van der Waals surface area contributed by atoms with Crippen molar-refractivity contribution in [1.82, 2.24) is 15.2 Å². The molecule has 32 heavy (non-hydrogen) atoms. The Kier molecular flexibility index (Phi) is 11.5. The van der Waals surface area contributed by atoms with E-state index in [9.17, 15) is 24.0 Å². The molecule has 0 aliphatic heterocycles. The van der Waals surface area contributed by atoms with Gasteiger partial charge in [-0.3, -0.25) is 19.2 Å². The molecule has 1 heterocycles. The van der Waals surface area contributed by atoms with Crippen LogP contribution < -0.4 is 21.5 Å². The number of nitrogens with zero attached hydrogens (tertiary/aromatic N) is 1. The summed E-state index contributed by atoms with van der Waals surface area (Å²) in [6.45, 7) is 5.70. The van der Waals surface area contributed by atoms with Crippen molar-refractivity contribution >= 4 is 29.4 Å². The summed E-state index contributed by atoms with van der Waals surface area (Å²) in [5.41, 5.74) is -0.576. The lowest BCUT2D eigenvalue weighted by atomic mass is 10.0. The number of carboxylic acid groups (broad SMARTS) is 1. The van der Waals surface area contributed by atoms with E-state index in [1.807, 2.05) is 13.8 Å². The maximum absolute atomic E-state index is 12.7. The van der Waals surface area contributed by atoms with Crippen LogP contribution in [-0.4, -0.2) is 46.0 Å². The fraction of sp³-hybridized carbons (Fsp3) is 0.500. The normalized spacial score (nSPS) is 11.9. The SMILES string of the molecule is CCC(CC)CNC(=O)Cn1cccc(NC(=O)C(CC/C=C/C(=O)O)NC(C)=O)c1=O. The number of allylic oxidation sites excluding steroid dienone is 1. The van der Waals surface area contributed by atoms with Crippen LogP contribution in [-0.2, 0) is 25.7 Å². The molecule has 0 bridgehead atoms. The third kappa shape index (κ3) is 9.59. The predicted molar refractivity (Wildman–Crippen MR) is 120 cm³/mol. The first kappa shape index (κ1) is 26.6. The summed E-state index contributed by atoms with van der Waals surface area (Å²) in [6, 6.07) is 1.99. The number of carboxylic acids is 1. The Labute approximate surface area is 187 Å². The molecule has 0 saturated heterocycles. The van der Waals surface area contributed by atoms with Crippen LogP contribution in [0.15, 0.2) is 35.3 Å². The molecule has 176 valence electrons. The van der Waals surface area contributed by atoms with Crippen LogP contribution in [0.3, 0.4) is 0 Å². The molecule has 0 aliphatic rings. The van der Waals surface area contributed by atoms with Gasteiger partial charge in [-0.25, -0.2) is 4.79 Å². The van der Waals surface area contributed by atoms with Crippen molar-refractivity contribution < 1.29 is 24.3 Å². The summed E-state index contributed by atoms with van der Waals surface area (Å²) >= 11 is 0. The number of carbonyl (C=O) groups is 4. The lowest BCUT2D eigenvalue weighted by Crippen LogP contribution is -2.44. The van der Waals surface area contributed by atoms with Gasteiger partial charge in [0, 0.05) is 25.7 Å². The number of amides is 3. The highest BCUT2D eigenvalue weighted by atomic mass is 16.4. The third-order valence-electron chi connectivity index (χ3n) is 4.91. The molecule has 10 nitrogen and oxygen atoms in total. The van der Waals surface area contributed by atoms with Gasteiger partial charge in [0.1, 0.15) is 18.3 Å². The van der Waals surface area contributed by atoms with Crippen molar-refractivity contribution in [2.24, 2.45) is 5.92 Å². The van der Waals surface area contributed by atoms with Crippen LogP contribution in [0, 0.1) is 5.92 Å². The monoisotopic (exact) mass is 448 g/mol. The standard InChI is InChI=1S/C22H32N4O6/c1-4-16(5-2)13-23-19(28)14-26-12-8-10-18(22(26)32)25-21(31)17(24-15(3)27)9-6-7-11-20(29)30/h7-8,10-12,16-17H,4-6,9,13-14H2,1-3H3,(H,23,28)(H,24,27)(H,25,31)(H,29,30)/b11-7+. The summed E-state index contributed by atoms with van der Waals surface area (Å²) in [7, 11) is 0. The van der Waals surface area contributed by atoms with Crippen molar-refractivity contribution in [3.63, 3.8) is 0 Å². The molecule has 10 heteroatoms. The number of anilines is 1. The maximum atomic E-state index is 12.7. The van der Waals surface area contributed by atoms with Crippen LogP contribution in [0.1, 0.15) is 46.5 Å². The van der Waals surface area contributed by atoms with Gasteiger partial charge in [0.15, 0.2) is 0 Å². The van der Waals surface area contributed by atoms with E-state index < -0.39 is 29.4 Å². The Morgan fingerprint density at radius 2 is 1.88 bits per heavy atom. The summed E-state index contributed by atoms with van der Waals surface area (Å²) in [5.74, 6) is -2.09. The highest BCUT2D eigenvalue weighted by Crippen LogP contribution is 2.06. The maximum Gasteiger partial charge on any atom is 0.327 e. The molecule has 1 rings (SSSR count). The number of pyridine rings is 1. The number of hydrogen-bond donors (Lipinski definition) is 4. The van der Waals surface area contributed by atoms with E-state index in [1.54, 1.807) is 0 Å². The van der Waals surface area contributed by atoms with Crippen molar-refractivity contribution in [3.8, 4) is 0 Å². The molecule has 0 aliphatic carbocycles. The first-order chi connectivity index (χ1) is 15.2. The molecule has 0 spiro atoms.